The van der Waals surface area contributed by atoms with Crippen molar-refractivity contribution in [2.75, 3.05) is 13.2 Å². The number of carbonyl (C=O) groups excluding carboxylic acids is 1. The summed E-state index contributed by atoms with van der Waals surface area (Å²) in [5, 5.41) is 2.95. The van der Waals surface area contributed by atoms with Gasteiger partial charge in [0.05, 0.1) is 12.6 Å². The molecule has 4 nitrogen and oxygen atoms in total. The summed E-state index contributed by atoms with van der Waals surface area (Å²) >= 11 is 0. The van der Waals surface area contributed by atoms with E-state index in [4.69, 9.17) is 10.5 Å². The van der Waals surface area contributed by atoms with E-state index in [9.17, 15) is 4.79 Å². The summed E-state index contributed by atoms with van der Waals surface area (Å²) in [5.41, 5.74) is 6.42. The van der Waals surface area contributed by atoms with Crippen molar-refractivity contribution in [1.82, 2.24) is 5.32 Å². The molecular formula is C14H23ClN2O2. The largest absolute Gasteiger partial charge is 0.494 e. The van der Waals surface area contributed by atoms with Crippen LogP contribution in [0.15, 0.2) is 24.3 Å². The topological polar surface area (TPSA) is 64.3 Å². The van der Waals surface area contributed by atoms with Crippen molar-refractivity contribution >= 4 is 18.3 Å². The van der Waals surface area contributed by atoms with Gasteiger partial charge in [0.15, 0.2) is 0 Å². The predicted molar refractivity (Wildman–Crippen MR) is 79.7 cm³/mol. The summed E-state index contributed by atoms with van der Waals surface area (Å²) in [6, 6.07) is 7.77. The fourth-order valence-corrected chi connectivity index (χ4v) is 1.70. The Bertz CT molecular complexity index is 385. The smallest absolute Gasteiger partial charge is 0.220 e. The molecule has 3 N–H and O–H groups in total. The molecular weight excluding hydrogens is 264 g/mol. The molecule has 0 aliphatic rings. The van der Waals surface area contributed by atoms with Crippen molar-refractivity contribution < 1.29 is 9.53 Å². The number of nitrogens with two attached hydrogens (primary N) is 1. The molecule has 0 heterocycles. The molecule has 1 rings (SSSR count). The lowest BCUT2D eigenvalue weighted by Gasteiger charge is -2.15. The third-order valence-corrected chi connectivity index (χ3v) is 2.65. The minimum Gasteiger partial charge on any atom is -0.494 e. The molecule has 0 aromatic heterocycles. The van der Waals surface area contributed by atoms with Gasteiger partial charge in [-0.05, 0) is 44.5 Å². The van der Waals surface area contributed by atoms with E-state index in [0.29, 0.717) is 19.6 Å². The molecule has 0 radical (unpaired) electrons. The van der Waals surface area contributed by atoms with E-state index in [1.807, 2.05) is 38.1 Å². The van der Waals surface area contributed by atoms with Gasteiger partial charge in [0.2, 0.25) is 5.91 Å². The SMILES string of the molecule is CCOc1cccc(C(C)NC(=O)CCCN)c1.Cl. The van der Waals surface area contributed by atoms with Crippen LogP contribution >= 0.6 is 12.4 Å². The number of carbonyl (C=O) groups is 1. The highest BCUT2D eigenvalue weighted by atomic mass is 35.5. The summed E-state index contributed by atoms with van der Waals surface area (Å²) in [7, 11) is 0. The van der Waals surface area contributed by atoms with Gasteiger partial charge < -0.3 is 15.8 Å². The Kier molecular flexibility index (Phi) is 9.00. The maximum absolute atomic E-state index is 11.6. The maximum atomic E-state index is 11.6. The second kappa shape index (κ2) is 9.64. The minimum absolute atomic E-state index is 0. The van der Waals surface area contributed by atoms with E-state index in [1.54, 1.807) is 0 Å². The van der Waals surface area contributed by atoms with Gasteiger partial charge in [-0.3, -0.25) is 4.79 Å². The van der Waals surface area contributed by atoms with E-state index in [1.165, 1.54) is 0 Å². The highest BCUT2D eigenvalue weighted by Gasteiger charge is 2.09. The molecule has 5 heteroatoms. The van der Waals surface area contributed by atoms with Crippen molar-refractivity contribution in [2.45, 2.75) is 32.7 Å². The zero-order valence-corrected chi connectivity index (χ0v) is 12.3. The van der Waals surface area contributed by atoms with Crippen molar-refractivity contribution in [1.29, 1.82) is 0 Å². The van der Waals surface area contributed by atoms with E-state index in [2.05, 4.69) is 5.32 Å². The van der Waals surface area contributed by atoms with Crippen LogP contribution in [0.25, 0.3) is 0 Å². The van der Waals surface area contributed by atoms with E-state index < -0.39 is 0 Å². The first-order valence-electron chi connectivity index (χ1n) is 6.39. The lowest BCUT2D eigenvalue weighted by molar-refractivity contribution is -0.121. The van der Waals surface area contributed by atoms with Crippen LogP contribution in [0.4, 0.5) is 0 Å². The molecule has 0 aliphatic heterocycles. The summed E-state index contributed by atoms with van der Waals surface area (Å²) in [5.74, 6) is 0.868. The molecule has 0 bridgehead atoms. The van der Waals surface area contributed by atoms with Crippen LogP contribution in [0.1, 0.15) is 38.3 Å². The number of halogens is 1. The number of benzene rings is 1. The first-order chi connectivity index (χ1) is 8.67. The summed E-state index contributed by atoms with van der Waals surface area (Å²) in [6.07, 6.45) is 1.20. The molecule has 108 valence electrons. The Morgan fingerprint density at radius 3 is 2.84 bits per heavy atom. The Labute approximate surface area is 121 Å². The van der Waals surface area contributed by atoms with Gasteiger partial charge in [0.25, 0.3) is 0 Å². The van der Waals surface area contributed by atoms with Crippen LogP contribution in [0.5, 0.6) is 5.75 Å². The molecule has 1 aromatic rings. The van der Waals surface area contributed by atoms with Gasteiger partial charge in [-0.1, -0.05) is 12.1 Å². The fraction of sp³-hybridized carbons (Fsp3) is 0.500. The van der Waals surface area contributed by atoms with Crippen molar-refractivity contribution in [2.24, 2.45) is 5.73 Å². The molecule has 0 saturated heterocycles. The van der Waals surface area contributed by atoms with Crippen molar-refractivity contribution in [3.63, 3.8) is 0 Å². The average Bonchev–Trinajstić information content (AvgIpc) is 2.37. The highest BCUT2D eigenvalue weighted by molar-refractivity contribution is 5.85. The standard InChI is InChI=1S/C14H22N2O2.ClH/c1-3-18-13-7-4-6-12(10-13)11(2)16-14(17)8-5-9-15;/h4,6-7,10-11H,3,5,8-9,15H2,1-2H3,(H,16,17);1H. The summed E-state index contributed by atoms with van der Waals surface area (Å²) in [6.45, 7) is 5.10. The second-order valence-electron chi connectivity index (χ2n) is 4.19. The molecule has 0 aliphatic carbocycles. The van der Waals surface area contributed by atoms with E-state index in [-0.39, 0.29) is 24.4 Å². The molecule has 1 unspecified atom stereocenters. The van der Waals surface area contributed by atoms with Gasteiger partial charge >= 0.3 is 0 Å². The number of nitrogens with one attached hydrogen (secondary N) is 1. The number of rotatable bonds is 7. The maximum Gasteiger partial charge on any atom is 0.220 e. The summed E-state index contributed by atoms with van der Waals surface area (Å²) in [4.78, 5) is 11.6. The highest BCUT2D eigenvalue weighted by Crippen LogP contribution is 2.19. The van der Waals surface area contributed by atoms with Gasteiger partial charge in [0.1, 0.15) is 5.75 Å². The minimum atomic E-state index is -0.0179. The van der Waals surface area contributed by atoms with E-state index >= 15 is 0 Å². The first kappa shape index (κ1) is 17.7. The van der Waals surface area contributed by atoms with Crippen LogP contribution in [-0.2, 0) is 4.79 Å². The average molecular weight is 287 g/mol. The lowest BCUT2D eigenvalue weighted by atomic mass is 10.1. The Hall–Kier alpha value is -1.26. The number of hydrogen-bond acceptors (Lipinski definition) is 3. The number of amides is 1. The first-order valence-corrected chi connectivity index (χ1v) is 6.39. The monoisotopic (exact) mass is 286 g/mol. The molecule has 0 fully saturated rings. The second-order valence-corrected chi connectivity index (χ2v) is 4.19. The Morgan fingerprint density at radius 1 is 1.47 bits per heavy atom. The molecule has 1 amide bonds. The van der Waals surface area contributed by atoms with Gasteiger partial charge in [0, 0.05) is 6.42 Å². The van der Waals surface area contributed by atoms with Crippen LogP contribution < -0.4 is 15.8 Å². The molecule has 19 heavy (non-hydrogen) atoms. The molecule has 0 spiro atoms. The van der Waals surface area contributed by atoms with Crippen LogP contribution in [-0.4, -0.2) is 19.1 Å². The molecule has 1 aromatic carbocycles. The molecule has 1 atom stereocenters. The third kappa shape index (κ3) is 6.45. The Balaban J connectivity index is 0.00000324. The normalized spacial score (nSPS) is 11.3. The van der Waals surface area contributed by atoms with Crippen molar-refractivity contribution in [3.8, 4) is 5.75 Å². The van der Waals surface area contributed by atoms with Crippen LogP contribution in [0, 0.1) is 0 Å². The fourth-order valence-electron chi connectivity index (χ4n) is 1.70. The lowest BCUT2D eigenvalue weighted by Crippen LogP contribution is -2.26. The van der Waals surface area contributed by atoms with E-state index in [0.717, 1.165) is 17.7 Å². The predicted octanol–water partition coefficient (Wildman–Crippen LogP) is 2.42. The number of ether oxygens (including phenoxy) is 1. The van der Waals surface area contributed by atoms with Gasteiger partial charge in [-0.15, -0.1) is 12.4 Å². The van der Waals surface area contributed by atoms with Crippen LogP contribution in [0.3, 0.4) is 0 Å². The quantitative estimate of drug-likeness (QED) is 0.809. The zero-order valence-electron chi connectivity index (χ0n) is 11.5. The third-order valence-electron chi connectivity index (χ3n) is 2.65. The van der Waals surface area contributed by atoms with Crippen LogP contribution in [0.2, 0.25) is 0 Å². The van der Waals surface area contributed by atoms with Gasteiger partial charge in [-0.2, -0.15) is 0 Å². The number of hydrogen-bond donors (Lipinski definition) is 2. The molecule has 0 saturated carbocycles. The Morgan fingerprint density at radius 2 is 2.21 bits per heavy atom. The van der Waals surface area contributed by atoms with Crippen molar-refractivity contribution in [3.05, 3.63) is 29.8 Å². The zero-order chi connectivity index (χ0) is 13.4. The summed E-state index contributed by atoms with van der Waals surface area (Å²) < 4.78 is 5.44. The van der Waals surface area contributed by atoms with Gasteiger partial charge in [-0.25, -0.2) is 0 Å².